The summed E-state index contributed by atoms with van der Waals surface area (Å²) in [4.78, 5) is 0. The Bertz CT molecular complexity index is 258. The maximum Gasteiger partial charge on any atom is 0.130 e. The van der Waals surface area contributed by atoms with Crippen molar-refractivity contribution in [1.29, 1.82) is 0 Å². The van der Waals surface area contributed by atoms with Gasteiger partial charge in [-0.15, -0.1) is 0 Å². The van der Waals surface area contributed by atoms with Crippen LogP contribution >= 0.6 is 15.9 Å². The van der Waals surface area contributed by atoms with Crippen molar-refractivity contribution in [2.75, 3.05) is 0 Å². The van der Waals surface area contributed by atoms with Crippen LogP contribution in [0.1, 0.15) is 25.3 Å². The number of unbranched alkanes of at least 4 members (excludes halogenated alkanes) is 1. The summed E-state index contributed by atoms with van der Waals surface area (Å²) in [6.07, 6.45) is 3.38. The average molecular weight is 229 g/mol. The Morgan fingerprint density at radius 1 is 1.42 bits per heavy atom. The lowest BCUT2D eigenvalue weighted by molar-refractivity contribution is 0.471. The maximum atomic E-state index is 9.35. The highest BCUT2D eigenvalue weighted by molar-refractivity contribution is 9.10. The normalized spacial score (nSPS) is 10.2. The second-order valence-corrected chi connectivity index (χ2v) is 3.65. The lowest BCUT2D eigenvalue weighted by Crippen LogP contribution is -1.86. The lowest BCUT2D eigenvalue weighted by Gasteiger charge is -2.04. The van der Waals surface area contributed by atoms with Gasteiger partial charge in [0.1, 0.15) is 5.75 Å². The molecular formula is C10H13BrO. The van der Waals surface area contributed by atoms with Crippen LogP contribution in [0.2, 0.25) is 0 Å². The topological polar surface area (TPSA) is 20.2 Å². The van der Waals surface area contributed by atoms with Crippen LogP contribution in [0.25, 0.3) is 0 Å². The molecule has 0 unspecified atom stereocenters. The van der Waals surface area contributed by atoms with E-state index in [-0.39, 0.29) is 0 Å². The molecule has 0 saturated carbocycles. The highest BCUT2D eigenvalue weighted by atomic mass is 79.9. The minimum Gasteiger partial charge on any atom is -0.507 e. The summed E-state index contributed by atoms with van der Waals surface area (Å²) >= 11 is 3.36. The van der Waals surface area contributed by atoms with Gasteiger partial charge in [-0.3, -0.25) is 0 Å². The predicted molar refractivity (Wildman–Crippen MR) is 54.4 cm³/mol. The smallest absolute Gasteiger partial charge is 0.130 e. The molecule has 0 heterocycles. The van der Waals surface area contributed by atoms with Gasteiger partial charge in [0.2, 0.25) is 0 Å². The van der Waals surface area contributed by atoms with Gasteiger partial charge in [0, 0.05) is 0 Å². The van der Waals surface area contributed by atoms with E-state index in [9.17, 15) is 5.11 Å². The predicted octanol–water partition coefficient (Wildman–Crippen LogP) is 3.50. The Morgan fingerprint density at radius 2 is 2.17 bits per heavy atom. The van der Waals surface area contributed by atoms with E-state index in [4.69, 9.17) is 0 Å². The van der Waals surface area contributed by atoms with E-state index < -0.39 is 0 Å². The first kappa shape index (κ1) is 9.59. The number of aromatic hydroxyl groups is 1. The molecule has 0 spiro atoms. The van der Waals surface area contributed by atoms with Gasteiger partial charge < -0.3 is 5.11 Å². The summed E-state index contributed by atoms with van der Waals surface area (Å²) in [6, 6.07) is 5.62. The highest BCUT2D eigenvalue weighted by Gasteiger charge is 2.02. The summed E-state index contributed by atoms with van der Waals surface area (Å²) < 4.78 is 0.846. The van der Waals surface area contributed by atoms with Crippen LogP contribution in [0.3, 0.4) is 0 Å². The summed E-state index contributed by atoms with van der Waals surface area (Å²) in [5, 5.41) is 9.35. The number of hydrogen-bond acceptors (Lipinski definition) is 1. The van der Waals surface area contributed by atoms with Crippen LogP contribution in [0.15, 0.2) is 22.7 Å². The molecule has 1 N–H and O–H groups in total. The molecule has 1 rings (SSSR count). The fourth-order valence-electron chi connectivity index (χ4n) is 1.13. The second kappa shape index (κ2) is 4.51. The van der Waals surface area contributed by atoms with E-state index in [1.165, 1.54) is 18.4 Å². The average Bonchev–Trinajstić information content (AvgIpc) is 2.08. The molecular weight excluding hydrogens is 216 g/mol. The molecule has 0 fully saturated rings. The lowest BCUT2D eigenvalue weighted by atomic mass is 10.1. The van der Waals surface area contributed by atoms with Crippen molar-refractivity contribution in [2.45, 2.75) is 26.2 Å². The van der Waals surface area contributed by atoms with E-state index in [2.05, 4.69) is 22.9 Å². The molecule has 1 aromatic rings. The van der Waals surface area contributed by atoms with Crippen LogP contribution in [0.5, 0.6) is 5.75 Å². The molecule has 66 valence electrons. The number of benzene rings is 1. The Balaban J connectivity index is 2.78. The van der Waals surface area contributed by atoms with Crippen molar-refractivity contribution < 1.29 is 5.11 Å². The molecule has 0 amide bonds. The van der Waals surface area contributed by atoms with Crippen molar-refractivity contribution in [3.63, 3.8) is 0 Å². The number of halogens is 1. The molecule has 0 saturated heterocycles. The zero-order valence-electron chi connectivity index (χ0n) is 7.18. The Hall–Kier alpha value is -0.500. The molecule has 0 radical (unpaired) electrons. The molecule has 12 heavy (non-hydrogen) atoms. The van der Waals surface area contributed by atoms with E-state index in [0.29, 0.717) is 5.75 Å². The van der Waals surface area contributed by atoms with E-state index in [0.717, 1.165) is 10.9 Å². The third-order valence-electron chi connectivity index (χ3n) is 1.86. The van der Waals surface area contributed by atoms with Gasteiger partial charge in [-0.05, 0) is 40.4 Å². The number of rotatable bonds is 3. The molecule has 0 aliphatic carbocycles. The zero-order chi connectivity index (χ0) is 8.97. The molecule has 0 bridgehead atoms. The van der Waals surface area contributed by atoms with Crippen LogP contribution in [0, 0.1) is 0 Å². The first-order valence-corrected chi connectivity index (χ1v) is 5.01. The quantitative estimate of drug-likeness (QED) is 0.840. The van der Waals surface area contributed by atoms with Gasteiger partial charge in [-0.2, -0.15) is 0 Å². The maximum absolute atomic E-state index is 9.35. The van der Waals surface area contributed by atoms with Crippen molar-refractivity contribution in [3.8, 4) is 5.75 Å². The number of phenols is 1. The fraction of sp³-hybridized carbons (Fsp3) is 0.400. The van der Waals surface area contributed by atoms with Crippen molar-refractivity contribution in [3.05, 3.63) is 28.2 Å². The van der Waals surface area contributed by atoms with Gasteiger partial charge in [0.15, 0.2) is 0 Å². The second-order valence-electron chi connectivity index (χ2n) is 2.85. The Labute approximate surface area is 81.6 Å². The van der Waals surface area contributed by atoms with Crippen LogP contribution in [-0.4, -0.2) is 5.11 Å². The monoisotopic (exact) mass is 228 g/mol. The van der Waals surface area contributed by atoms with E-state index in [1.54, 1.807) is 6.07 Å². The van der Waals surface area contributed by atoms with E-state index >= 15 is 0 Å². The minimum atomic E-state index is 0.337. The summed E-state index contributed by atoms with van der Waals surface area (Å²) in [7, 11) is 0. The summed E-state index contributed by atoms with van der Waals surface area (Å²) in [5.74, 6) is 0.337. The molecule has 0 aromatic heterocycles. The van der Waals surface area contributed by atoms with Gasteiger partial charge >= 0.3 is 0 Å². The fourth-order valence-corrected chi connectivity index (χ4v) is 1.59. The molecule has 0 atom stereocenters. The minimum absolute atomic E-state index is 0.337. The number of aryl methyl sites for hydroxylation is 1. The van der Waals surface area contributed by atoms with Crippen LogP contribution < -0.4 is 0 Å². The molecule has 2 heteroatoms. The largest absolute Gasteiger partial charge is 0.507 e. The first-order valence-electron chi connectivity index (χ1n) is 4.22. The highest BCUT2D eigenvalue weighted by Crippen LogP contribution is 2.28. The van der Waals surface area contributed by atoms with Crippen LogP contribution in [-0.2, 0) is 6.42 Å². The third kappa shape index (κ3) is 2.24. The van der Waals surface area contributed by atoms with Crippen LogP contribution in [0.4, 0.5) is 0 Å². The van der Waals surface area contributed by atoms with Gasteiger partial charge in [-0.1, -0.05) is 25.5 Å². The van der Waals surface area contributed by atoms with E-state index in [1.807, 2.05) is 12.1 Å². The van der Waals surface area contributed by atoms with Gasteiger partial charge in [-0.25, -0.2) is 0 Å². The molecule has 1 aromatic carbocycles. The standard InChI is InChI=1S/C10H13BrO/c1-2-3-5-8-6-4-7-9(12)10(8)11/h4,6-7,12H,2-3,5H2,1H3. The number of hydrogen-bond donors (Lipinski definition) is 1. The Morgan fingerprint density at radius 3 is 2.83 bits per heavy atom. The first-order chi connectivity index (χ1) is 5.75. The molecule has 1 nitrogen and oxygen atoms in total. The molecule has 0 aliphatic rings. The van der Waals surface area contributed by atoms with Gasteiger partial charge in [0.25, 0.3) is 0 Å². The summed E-state index contributed by atoms with van der Waals surface area (Å²) in [5.41, 5.74) is 1.19. The zero-order valence-corrected chi connectivity index (χ0v) is 8.76. The summed E-state index contributed by atoms with van der Waals surface area (Å²) in [6.45, 7) is 2.16. The van der Waals surface area contributed by atoms with Crippen molar-refractivity contribution in [1.82, 2.24) is 0 Å². The van der Waals surface area contributed by atoms with Crippen molar-refractivity contribution >= 4 is 15.9 Å². The SMILES string of the molecule is CCCCc1cccc(O)c1Br. The molecule has 0 aliphatic heterocycles. The van der Waals surface area contributed by atoms with Crippen molar-refractivity contribution in [2.24, 2.45) is 0 Å². The van der Waals surface area contributed by atoms with Gasteiger partial charge in [0.05, 0.1) is 4.47 Å². The number of phenolic OH excluding ortho intramolecular Hbond substituents is 1. The Kier molecular flexibility index (Phi) is 3.60. The third-order valence-corrected chi connectivity index (χ3v) is 2.77.